The van der Waals surface area contributed by atoms with Gasteiger partial charge < -0.3 is 10.1 Å². The fraction of sp³-hybridized carbons (Fsp3) is 0.235. The second kappa shape index (κ2) is 8.28. The first kappa shape index (κ1) is 21.2. The highest BCUT2D eigenvalue weighted by Crippen LogP contribution is 2.29. The van der Waals surface area contributed by atoms with E-state index in [1.54, 1.807) is 12.1 Å². The molecule has 0 unspecified atom stereocenters. The maximum Gasteiger partial charge on any atom is 0.257 e. The SMILES string of the molecule is COc1ccc(Cl)cc1NC(=O)c1ccccc1S(=O)(=O)CCS(C)(=O)=O. The summed E-state index contributed by atoms with van der Waals surface area (Å²) in [5.41, 5.74) is 0.173. The zero-order valence-electron chi connectivity index (χ0n) is 14.6. The van der Waals surface area contributed by atoms with Crippen molar-refractivity contribution in [2.45, 2.75) is 4.90 Å². The minimum Gasteiger partial charge on any atom is -0.495 e. The summed E-state index contributed by atoms with van der Waals surface area (Å²) in [5, 5.41) is 2.93. The van der Waals surface area contributed by atoms with Crippen molar-refractivity contribution in [3.63, 3.8) is 0 Å². The van der Waals surface area contributed by atoms with E-state index in [9.17, 15) is 21.6 Å². The predicted molar refractivity (Wildman–Crippen MR) is 104 cm³/mol. The number of benzene rings is 2. The average molecular weight is 432 g/mol. The zero-order chi connectivity index (χ0) is 20.2. The lowest BCUT2D eigenvalue weighted by Crippen LogP contribution is -2.21. The number of anilines is 1. The van der Waals surface area contributed by atoms with E-state index < -0.39 is 37.1 Å². The van der Waals surface area contributed by atoms with Crippen molar-refractivity contribution in [1.82, 2.24) is 0 Å². The number of nitrogens with one attached hydrogen (secondary N) is 1. The fourth-order valence-corrected chi connectivity index (χ4v) is 5.53. The summed E-state index contributed by atoms with van der Waals surface area (Å²) >= 11 is 5.93. The van der Waals surface area contributed by atoms with E-state index in [-0.39, 0.29) is 16.1 Å². The first-order valence-corrected chi connectivity index (χ1v) is 11.8. The maximum atomic E-state index is 12.7. The van der Waals surface area contributed by atoms with Gasteiger partial charge in [0.25, 0.3) is 5.91 Å². The number of amides is 1. The van der Waals surface area contributed by atoms with Crippen LogP contribution in [-0.4, -0.2) is 47.6 Å². The van der Waals surface area contributed by atoms with Crippen molar-refractivity contribution in [1.29, 1.82) is 0 Å². The van der Waals surface area contributed by atoms with Crippen LogP contribution in [0.4, 0.5) is 5.69 Å². The normalized spacial score (nSPS) is 11.8. The Balaban J connectivity index is 2.38. The third kappa shape index (κ3) is 5.69. The van der Waals surface area contributed by atoms with Crippen LogP contribution in [0.1, 0.15) is 10.4 Å². The standard InChI is InChI=1S/C17H18ClNO6S2/c1-25-15-8-7-12(18)11-14(15)19-17(20)13-5-3-4-6-16(13)27(23,24)10-9-26(2,21)22/h3-8,11H,9-10H2,1-2H3,(H,19,20). The minimum absolute atomic E-state index is 0.104. The Kier molecular flexibility index (Phi) is 6.50. The summed E-state index contributed by atoms with van der Waals surface area (Å²) in [6.45, 7) is 0. The molecule has 1 amide bonds. The van der Waals surface area contributed by atoms with E-state index in [0.717, 1.165) is 6.26 Å². The molecule has 10 heteroatoms. The Morgan fingerprint density at radius 1 is 1.07 bits per heavy atom. The largest absolute Gasteiger partial charge is 0.495 e. The maximum absolute atomic E-state index is 12.7. The zero-order valence-corrected chi connectivity index (χ0v) is 17.0. The van der Waals surface area contributed by atoms with Crippen molar-refractivity contribution in [2.24, 2.45) is 0 Å². The molecule has 0 bridgehead atoms. The quantitative estimate of drug-likeness (QED) is 0.721. The molecule has 2 aromatic rings. The molecule has 0 spiro atoms. The fourth-order valence-electron chi connectivity index (χ4n) is 2.26. The number of methoxy groups -OCH3 is 1. The summed E-state index contributed by atoms with van der Waals surface area (Å²) < 4.78 is 52.8. The van der Waals surface area contributed by atoms with Crippen LogP contribution in [0.3, 0.4) is 0 Å². The van der Waals surface area contributed by atoms with Crippen LogP contribution < -0.4 is 10.1 Å². The molecule has 2 rings (SSSR count). The van der Waals surface area contributed by atoms with Gasteiger partial charge in [0.1, 0.15) is 15.6 Å². The number of carbonyl (C=O) groups excluding carboxylic acids is 1. The molecule has 0 aromatic heterocycles. The van der Waals surface area contributed by atoms with E-state index in [1.165, 1.54) is 37.4 Å². The van der Waals surface area contributed by atoms with Crippen molar-refractivity contribution in [3.8, 4) is 5.75 Å². The van der Waals surface area contributed by atoms with Crippen LogP contribution in [0.15, 0.2) is 47.4 Å². The van der Waals surface area contributed by atoms with E-state index >= 15 is 0 Å². The third-order valence-electron chi connectivity index (χ3n) is 3.60. The minimum atomic E-state index is -3.98. The van der Waals surface area contributed by atoms with Gasteiger partial charge in [0.05, 0.1) is 34.8 Å². The summed E-state index contributed by atoms with van der Waals surface area (Å²) in [4.78, 5) is 12.4. The Hall–Kier alpha value is -2.10. The topological polar surface area (TPSA) is 107 Å². The van der Waals surface area contributed by atoms with Gasteiger partial charge in [-0.15, -0.1) is 0 Å². The Labute approximate surface area is 163 Å². The summed E-state index contributed by atoms with van der Waals surface area (Å²) in [7, 11) is -6.04. The highest BCUT2D eigenvalue weighted by molar-refractivity contribution is 7.94. The molecule has 0 saturated heterocycles. The molecule has 0 aliphatic carbocycles. The van der Waals surface area contributed by atoms with Crippen molar-refractivity contribution in [2.75, 3.05) is 30.2 Å². The van der Waals surface area contributed by atoms with E-state index in [1.807, 2.05) is 0 Å². The Morgan fingerprint density at radius 3 is 2.37 bits per heavy atom. The van der Waals surface area contributed by atoms with Gasteiger partial charge >= 0.3 is 0 Å². The number of hydrogen-bond donors (Lipinski definition) is 1. The van der Waals surface area contributed by atoms with Crippen molar-refractivity contribution >= 4 is 42.9 Å². The Morgan fingerprint density at radius 2 is 1.74 bits per heavy atom. The van der Waals surface area contributed by atoms with E-state index in [4.69, 9.17) is 16.3 Å². The van der Waals surface area contributed by atoms with Crippen LogP contribution in [-0.2, 0) is 19.7 Å². The average Bonchev–Trinajstić information content (AvgIpc) is 2.60. The van der Waals surface area contributed by atoms with Gasteiger partial charge in [0, 0.05) is 11.3 Å². The smallest absolute Gasteiger partial charge is 0.257 e. The van der Waals surface area contributed by atoms with Gasteiger partial charge in [-0.2, -0.15) is 0 Å². The molecule has 146 valence electrons. The van der Waals surface area contributed by atoms with Gasteiger partial charge in [-0.3, -0.25) is 4.79 Å². The number of sulfone groups is 2. The number of rotatable bonds is 7. The molecule has 0 atom stereocenters. The molecule has 7 nitrogen and oxygen atoms in total. The molecule has 0 aliphatic heterocycles. The van der Waals surface area contributed by atoms with Crippen LogP contribution in [0.25, 0.3) is 0 Å². The lowest BCUT2D eigenvalue weighted by Gasteiger charge is -2.13. The number of halogens is 1. The highest BCUT2D eigenvalue weighted by atomic mass is 35.5. The second-order valence-corrected chi connectivity index (χ2v) is 10.5. The number of hydrogen-bond acceptors (Lipinski definition) is 6. The molecule has 2 aromatic carbocycles. The molecular formula is C17H18ClNO6S2. The van der Waals surface area contributed by atoms with Gasteiger partial charge in [0.15, 0.2) is 9.84 Å². The van der Waals surface area contributed by atoms with Gasteiger partial charge in [0.2, 0.25) is 0 Å². The first-order valence-electron chi connectivity index (χ1n) is 7.68. The summed E-state index contributed by atoms with van der Waals surface area (Å²) in [5.74, 6) is -1.48. The van der Waals surface area contributed by atoms with Gasteiger partial charge in [-0.1, -0.05) is 23.7 Å². The van der Waals surface area contributed by atoms with E-state index in [0.29, 0.717) is 10.8 Å². The van der Waals surface area contributed by atoms with E-state index in [2.05, 4.69) is 5.32 Å². The van der Waals surface area contributed by atoms with Gasteiger partial charge in [-0.05, 0) is 30.3 Å². The molecule has 0 radical (unpaired) electrons. The van der Waals surface area contributed by atoms with Crippen LogP contribution in [0, 0.1) is 0 Å². The van der Waals surface area contributed by atoms with Crippen LogP contribution in [0.2, 0.25) is 5.02 Å². The molecule has 0 saturated carbocycles. The summed E-state index contributed by atoms with van der Waals surface area (Å²) in [6.07, 6.45) is 0.951. The Bertz CT molecular complexity index is 1060. The van der Waals surface area contributed by atoms with Crippen molar-refractivity contribution in [3.05, 3.63) is 53.1 Å². The molecule has 27 heavy (non-hydrogen) atoms. The van der Waals surface area contributed by atoms with Crippen LogP contribution >= 0.6 is 11.6 Å². The number of carbonyl (C=O) groups is 1. The monoisotopic (exact) mass is 431 g/mol. The predicted octanol–water partition coefficient (Wildman–Crippen LogP) is 2.42. The van der Waals surface area contributed by atoms with Crippen LogP contribution in [0.5, 0.6) is 5.75 Å². The highest BCUT2D eigenvalue weighted by Gasteiger charge is 2.24. The van der Waals surface area contributed by atoms with Crippen molar-refractivity contribution < 1.29 is 26.4 Å². The molecular weight excluding hydrogens is 414 g/mol. The van der Waals surface area contributed by atoms with Gasteiger partial charge in [-0.25, -0.2) is 16.8 Å². The molecule has 0 heterocycles. The third-order valence-corrected chi connectivity index (χ3v) is 6.81. The second-order valence-electron chi connectivity index (χ2n) is 5.74. The lowest BCUT2D eigenvalue weighted by molar-refractivity contribution is 0.102. The lowest BCUT2D eigenvalue weighted by atomic mass is 10.2. The molecule has 1 N–H and O–H groups in total. The summed E-state index contributed by atoms with van der Waals surface area (Å²) in [6, 6.07) is 10.2. The molecule has 0 aliphatic rings. The first-order chi connectivity index (χ1) is 12.5. The number of ether oxygens (including phenoxy) is 1. The molecule has 0 fully saturated rings.